The lowest BCUT2D eigenvalue weighted by atomic mass is 10.2. The van der Waals surface area contributed by atoms with E-state index >= 15 is 0 Å². The molecule has 1 aromatic heterocycles. The largest absolute Gasteiger partial charge is 0.469 e. The van der Waals surface area contributed by atoms with Gasteiger partial charge in [0.15, 0.2) is 5.16 Å². The predicted molar refractivity (Wildman–Crippen MR) is 109 cm³/mol. The SMILES string of the molecule is COC(=O)CCCCCn1c(SCC(=O)NNC(C)=O)nc2ccccc2c1=O. The maximum absolute atomic E-state index is 12.9. The van der Waals surface area contributed by atoms with Crippen LogP contribution in [0.5, 0.6) is 0 Å². The van der Waals surface area contributed by atoms with Crippen molar-refractivity contribution in [1.29, 1.82) is 0 Å². The van der Waals surface area contributed by atoms with E-state index in [9.17, 15) is 19.2 Å². The summed E-state index contributed by atoms with van der Waals surface area (Å²) in [6.07, 6.45) is 2.44. The first-order valence-electron chi connectivity index (χ1n) is 9.17. The van der Waals surface area contributed by atoms with Gasteiger partial charge in [-0.3, -0.25) is 34.6 Å². The number of nitrogens with one attached hydrogen (secondary N) is 2. The molecule has 2 rings (SSSR count). The van der Waals surface area contributed by atoms with Crippen LogP contribution in [0.3, 0.4) is 0 Å². The summed E-state index contributed by atoms with van der Waals surface area (Å²) in [7, 11) is 1.36. The molecule has 0 aliphatic carbocycles. The maximum Gasteiger partial charge on any atom is 0.305 e. The summed E-state index contributed by atoms with van der Waals surface area (Å²) in [6, 6.07) is 7.04. The summed E-state index contributed by atoms with van der Waals surface area (Å²) < 4.78 is 6.17. The number of hydrogen-bond acceptors (Lipinski definition) is 7. The third-order valence-corrected chi connectivity index (χ3v) is 5.00. The van der Waals surface area contributed by atoms with Crippen molar-refractivity contribution in [2.24, 2.45) is 0 Å². The van der Waals surface area contributed by atoms with Crippen LogP contribution in [0.2, 0.25) is 0 Å². The number of ether oxygens (including phenoxy) is 1. The highest BCUT2D eigenvalue weighted by atomic mass is 32.2. The molecule has 2 amide bonds. The summed E-state index contributed by atoms with van der Waals surface area (Å²) in [5, 5.41) is 0.939. The van der Waals surface area contributed by atoms with Crippen LogP contribution in [0.1, 0.15) is 32.6 Å². The van der Waals surface area contributed by atoms with Crippen LogP contribution < -0.4 is 16.4 Å². The number of fused-ring (bicyclic) bond motifs is 1. The van der Waals surface area contributed by atoms with Crippen molar-refractivity contribution in [3.63, 3.8) is 0 Å². The summed E-state index contributed by atoms with van der Waals surface area (Å²) in [6.45, 7) is 1.71. The highest BCUT2D eigenvalue weighted by molar-refractivity contribution is 7.99. The van der Waals surface area contributed by atoms with Gasteiger partial charge in [-0.15, -0.1) is 0 Å². The topological polar surface area (TPSA) is 119 Å². The number of hydrogen-bond donors (Lipinski definition) is 2. The molecule has 29 heavy (non-hydrogen) atoms. The minimum absolute atomic E-state index is 0.00655. The van der Waals surface area contributed by atoms with Gasteiger partial charge in [-0.05, 0) is 25.0 Å². The molecular weight excluding hydrogens is 396 g/mol. The Labute approximate surface area is 172 Å². The van der Waals surface area contributed by atoms with Crippen molar-refractivity contribution in [1.82, 2.24) is 20.4 Å². The number of para-hydroxylation sites is 1. The molecule has 1 aromatic carbocycles. The van der Waals surface area contributed by atoms with E-state index in [1.54, 1.807) is 28.8 Å². The first kappa shape index (κ1) is 22.4. The lowest BCUT2D eigenvalue weighted by Gasteiger charge is -2.13. The zero-order chi connectivity index (χ0) is 21.2. The van der Waals surface area contributed by atoms with Crippen molar-refractivity contribution >= 4 is 40.4 Å². The Morgan fingerprint density at radius 2 is 1.90 bits per heavy atom. The number of carbonyl (C=O) groups is 3. The lowest BCUT2D eigenvalue weighted by Crippen LogP contribution is -2.41. The molecule has 0 aliphatic heterocycles. The number of thioether (sulfide) groups is 1. The number of carbonyl (C=O) groups excluding carboxylic acids is 3. The van der Waals surface area contributed by atoms with Gasteiger partial charge in [0.1, 0.15) is 0 Å². The first-order valence-corrected chi connectivity index (χ1v) is 10.2. The quantitative estimate of drug-likeness (QED) is 0.207. The van der Waals surface area contributed by atoms with Crippen LogP contribution in [-0.2, 0) is 25.7 Å². The predicted octanol–water partition coefficient (Wildman–Crippen LogP) is 1.39. The van der Waals surface area contributed by atoms with E-state index in [0.717, 1.165) is 18.2 Å². The Balaban J connectivity index is 2.11. The van der Waals surface area contributed by atoms with Crippen LogP contribution >= 0.6 is 11.8 Å². The minimum Gasteiger partial charge on any atom is -0.469 e. The molecule has 0 aliphatic rings. The van der Waals surface area contributed by atoms with Crippen molar-refractivity contribution < 1.29 is 19.1 Å². The van der Waals surface area contributed by atoms with E-state index in [-0.39, 0.29) is 23.2 Å². The molecule has 9 nitrogen and oxygen atoms in total. The van der Waals surface area contributed by atoms with Crippen molar-refractivity contribution in [3.8, 4) is 0 Å². The number of esters is 1. The normalized spacial score (nSPS) is 10.6. The van der Waals surface area contributed by atoms with Gasteiger partial charge in [0, 0.05) is 19.9 Å². The number of benzene rings is 1. The number of amides is 2. The molecule has 0 radical (unpaired) electrons. The van der Waals surface area contributed by atoms with E-state index < -0.39 is 5.91 Å². The molecule has 0 atom stereocenters. The number of nitrogens with zero attached hydrogens (tertiary/aromatic N) is 2. The van der Waals surface area contributed by atoms with Crippen molar-refractivity contribution in [3.05, 3.63) is 34.6 Å². The third-order valence-electron chi connectivity index (χ3n) is 4.03. The Kier molecular flexibility index (Phi) is 8.66. The van der Waals surface area contributed by atoms with Gasteiger partial charge >= 0.3 is 5.97 Å². The molecule has 0 saturated heterocycles. The molecule has 2 N–H and O–H groups in total. The van der Waals surface area contributed by atoms with Gasteiger partial charge in [-0.1, -0.05) is 30.3 Å². The van der Waals surface area contributed by atoms with Crippen LogP contribution in [0.25, 0.3) is 10.9 Å². The van der Waals surface area contributed by atoms with Crippen LogP contribution in [0.15, 0.2) is 34.2 Å². The smallest absolute Gasteiger partial charge is 0.305 e. The second-order valence-corrected chi connectivity index (χ2v) is 7.22. The molecule has 10 heteroatoms. The van der Waals surface area contributed by atoms with Crippen molar-refractivity contribution in [2.45, 2.75) is 44.3 Å². The molecule has 156 valence electrons. The fourth-order valence-electron chi connectivity index (χ4n) is 2.60. The van der Waals surface area contributed by atoms with Gasteiger partial charge in [0.25, 0.3) is 5.56 Å². The van der Waals surface area contributed by atoms with E-state index in [1.807, 2.05) is 0 Å². The molecule has 0 bridgehead atoms. The minimum atomic E-state index is -0.405. The average molecular weight is 420 g/mol. The van der Waals surface area contributed by atoms with E-state index in [4.69, 9.17) is 0 Å². The Morgan fingerprint density at radius 3 is 2.62 bits per heavy atom. The monoisotopic (exact) mass is 420 g/mol. The molecule has 0 unspecified atom stereocenters. The van der Waals surface area contributed by atoms with Gasteiger partial charge in [-0.25, -0.2) is 4.98 Å². The van der Waals surface area contributed by atoms with Gasteiger partial charge in [0.05, 0.1) is 23.8 Å². The summed E-state index contributed by atoms with van der Waals surface area (Å²) in [5.74, 6) is -1.04. The maximum atomic E-state index is 12.9. The molecule has 1 heterocycles. The fourth-order valence-corrected chi connectivity index (χ4v) is 3.42. The highest BCUT2D eigenvalue weighted by Gasteiger charge is 2.13. The second-order valence-electron chi connectivity index (χ2n) is 6.27. The third kappa shape index (κ3) is 6.90. The number of unbranched alkanes of at least 4 members (excludes halogenated alkanes) is 2. The molecule has 2 aromatic rings. The summed E-state index contributed by atoms with van der Waals surface area (Å²) >= 11 is 1.12. The fraction of sp³-hybridized carbons (Fsp3) is 0.421. The molecule has 0 fully saturated rings. The van der Waals surface area contributed by atoms with Gasteiger partial charge in [-0.2, -0.15) is 0 Å². The van der Waals surface area contributed by atoms with E-state index in [1.165, 1.54) is 14.0 Å². The standard InChI is InChI=1S/C19H24N4O5S/c1-13(24)21-22-16(25)12-29-19-20-15-9-6-5-8-14(15)18(27)23(19)11-7-3-4-10-17(26)28-2/h5-6,8-9H,3-4,7,10-12H2,1-2H3,(H,21,24)(H,22,25). The number of aromatic nitrogens is 2. The molecular formula is C19H24N4O5S. The summed E-state index contributed by atoms with van der Waals surface area (Å²) in [5.41, 5.74) is 4.89. The number of hydrazine groups is 1. The van der Waals surface area contributed by atoms with E-state index in [0.29, 0.717) is 41.9 Å². The van der Waals surface area contributed by atoms with Crippen LogP contribution in [-0.4, -0.2) is 40.2 Å². The Morgan fingerprint density at radius 1 is 1.14 bits per heavy atom. The first-order chi connectivity index (χ1) is 13.9. The number of rotatable bonds is 9. The van der Waals surface area contributed by atoms with Crippen LogP contribution in [0.4, 0.5) is 0 Å². The van der Waals surface area contributed by atoms with Gasteiger partial charge in [0.2, 0.25) is 11.8 Å². The Bertz CT molecular complexity index is 944. The van der Waals surface area contributed by atoms with Gasteiger partial charge < -0.3 is 4.74 Å². The lowest BCUT2D eigenvalue weighted by molar-refractivity contribution is -0.140. The van der Waals surface area contributed by atoms with E-state index in [2.05, 4.69) is 20.6 Å². The zero-order valence-corrected chi connectivity index (χ0v) is 17.2. The highest BCUT2D eigenvalue weighted by Crippen LogP contribution is 2.18. The van der Waals surface area contributed by atoms with Crippen LogP contribution in [0, 0.1) is 0 Å². The summed E-state index contributed by atoms with van der Waals surface area (Å²) in [4.78, 5) is 51.4. The molecule has 0 saturated carbocycles. The number of methoxy groups -OCH3 is 1. The second kappa shape index (κ2) is 11.2. The zero-order valence-electron chi connectivity index (χ0n) is 16.4. The van der Waals surface area contributed by atoms with Crippen molar-refractivity contribution in [2.75, 3.05) is 12.9 Å². The average Bonchev–Trinajstić information content (AvgIpc) is 2.71. The molecule has 0 spiro atoms. The Hall–Kier alpha value is -2.88.